The number of carbonyl (C=O) groups excluding carboxylic acids is 1. The maximum atomic E-state index is 12.5. The van der Waals surface area contributed by atoms with Gasteiger partial charge in [0.1, 0.15) is 23.8 Å². The van der Waals surface area contributed by atoms with Crippen LogP contribution in [0.5, 0.6) is 11.5 Å². The SMILES string of the molecule is O=Nc1ccc2c(c1)OCC(c1ccc(O)cc1)C2=O. The van der Waals surface area contributed by atoms with Crippen LogP contribution in [0.3, 0.4) is 0 Å². The third kappa shape index (κ3) is 2.03. The Morgan fingerprint density at radius 2 is 1.90 bits per heavy atom. The molecule has 0 saturated carbocycles. The van der Waals surface area contributed by atoms with Crippen molar-refractivity contribution in [2.24, 2.45) is 5.18 Å². The Bertz CT molecular complexity index is 679. The van der Waals surface area contributed by atoms with Gasteiger partial charge in [0.05, 0.1) is 11.5 Å². The van der Waals surface area contributed by atoms with Crippen LogP contribution in [0, 0.1) is 4.91 Å². The number of ether oxygens (including phenoxy) is 1. The number of Topliss-reactive ketones (excluding diaryl/α,β-unsaturated/α-hetero) is 1. The van der Waals surface area contributed by atoms with Gasteiger partial charge < -0.3 is 9.84 Å². The van der Waals surface area contributed by atoms with Crippen LogP contribution in [0.4, 0.5) is 5.69 Å². The maximum Gasteiger partial charge on any atom is 0.177 e. The molecule has 3 rings (SSSR count). The summed E-state index contributed by atoms with van der Waals surface area (Å²) in [5, 5.41) is 12.1. The number of phenols is 1. The molecule has 1 N–H and O–H groups in total. The molecular formula is C15H11NO4. The highest BCUT2D eigenvalue weighted by molar-refractivity contribution is 6.04. The molecule has 0 saturated heterocycles. The van der Waals surface area contributed by atoms with E-state index in [1.54, 1.807) is 18.2 Å². The lowest BCUT2D eigenvalue weighted by Gasteiger charge is -2.24. The van der Waals surface area contributed by atoms with Gasteiger partial charge in [0, 0.05) is 6.07 Å². The number of phenolic OH excluding ortho intramolecular Hbond substituents is 1. The fourth-order valence-electron chi connectivity index (χ4n) is 2.28. The summed E-state index contributed by atoms with van der Waals surface area (Å²) >= 11 is 0. The summed E-state index contributed by atoms with van der Waals surface area (Å²) in [7, 11) is 0. The van der Waals surface area contributed by atoms with Crippen LogP contribution >= 0.6 is 0 Å². The first-order chi connectivity index (χ1) is 9.69. The van der Waals surface area contributed by atoms with Gasteiger partial charge in [-0.05, 0) is 35.0 Å². The number of fused-ring (bicyclic) bond motifs is 1. The molecule has 0 fully saturated rings. The summed E-state index contributed by atoms with van der Waals surface area (Å²) in [5.74, 6) is 0.0784. The van der Waals surface area contributed by atoms with E-state index in [0.29, 0.717) is 11.3 Å². The average molecular weight is 269 g/mol. The maximum absolute atomic E-state index is 12.5. The Labute approximate surface area is 114 Å². The second-order valence-electron chi connectivity index (χ2n) is 4.59. The summed E-state index contributed by atoms with van der Waals surface area (Å²) < 4.78 is 5.55. The number of benzene rings is 2. The summed E-state index contributed by atoms with van der Waals surface area (Å²) in [4.78, 5) is 22.9. The average Bonchev–Trinajstić information content (AvgIpc) is 2.48. The highest BCUT2D eigenvalue weighted by Crippen LogP contribution is 2.35. The van der Waals surface area contributed by atoms with Gasteiger partial charge in [0.15, 0.2) is 5.78 Å². The lowest BCUT2D eigenvalue weighted by atomic mass is 9.89. The summed E-state index contributed by atoms with van der Waals surface area (Å²) in [5.41, 5.74) is 1.47. The Hall–Kier alpha value is -2.69. The van der Waals surface area contributed by atoms with E-state index >= 15 is 0 Å². The van der Waals surface area contributed by atoms with Gasteiger partial charge in [-0.3, -0.25) is 4.79 Å². The molecule has 2 aromatic carbocycles. The molecule has 1 unspecified atom stereocenters. The third-order valence-electron chi connectivity index (χ3n) is 3.35. The summed E-state index contributed by atoms with van der Waals surface area (Å²) in [6, 6.07) is 11.0. The zero-order chi connectivity index (χ0) is 14.1. The molecule has 1 aliphatic rings. The van der Waals surface area contributed by atoms with Gasteiger partial charge in [-0.2, -0.15) is 0 Å². The Balaban J connectivity index is 1.96. The standard InChI is InChI=1S/C15H11NO4/c17-11-4-1-9(2-5-11)13-8-20-14-7-10(16-19)3-6-12(14)15(13)18/h1-7,13,17H,8H2. The second kappa shape index (κ2) is 4.77. The molecule has 0 aliphatic carbocycles. The van der Waals surface area contributed by atoms with Gasteiger partial charge in [-0.15, -0.1) is 4.91 Å². The predicted molar refractivity (Wildman–Crippen MR) is 72.6 cm³/mol. The van der Waals surface area contributed by atoms with Gasteiger partial charge in [0.25, 0.3) is 0 Å². The van der Waals surface area contributed by atoms with Crippen molar-refractivity contribution in [3.63, 3.8) is 0 Å². The molecule has 100 valence electrons. The van der Waals surface area contributed by atoms with Crippen molar-refractivity contribution in [1.82, 2.24) is 0 Å². The van der Waals surface area contributed by atoms with E-state index in [1.807, 2.05) is 0 Å². The number of rotatable bonds is 2. The molecule has 0 aromatic heterocycles. The zero-order valence-corrected chi connectivity index (χ0v) is 10.4. The van der Waals surface area contributed by atoms with Crippen LogP contribution in [0.25, 0.3) is 0 Å². The number of nitroso groups, excluding NO2 is 1. The quantitative estimate of drug-likeness (QED) is 0.850. The zero-order valence-electron chi connectivity index (χ0n) is 10.4. The fraction of sp³-hybridized carbons (Fsp3) is 0.133. The fourth-order valence-corrected chi connectivity index (χ4v) is 2.28. The topological polar surface area (TPSA) is 76.0 Å². The third-order valence-corrected chi connectivity index (χ3v) is 3.35. The predicted octanol–water partition coefficient (Wildman–Crippen LogP) is 3.15. The van der Waals surface area contributed by atoms with Crippen molar-refractivity contribution in [3.05, 3.63) is 58.5 Å². The molecule has 2 aromatic rings. The minimum absolute atomic E-state index is 0.0608. The summed E-state index contributed by atoms with van der Waals surface area (Å²) in [6.07, 6.45) is 0. The van der Waals surface area contributed by atoms with Gasteiger partial charge >= 0.3 is 0 Å². The van der Waals surface area contributed by atoms with Gasteiger partial charge in [-0.25, -0.2) is 0 Å². The highest BCUT2D eigenvalue weighted by Gasteiger charge is 2.30. The van der Waals surface area contributed by atoms with Crippen LogP contribution < -0.4 is 4.74 Å². The van der Waals surface area contributed by atoms with Crippen LogP contribution in [0.2, 0.25) is 0 Å². The van der Waals surface area contributed by atoms with E-state index in [0.717, 1.165) is 5.56 Å². The number of hydrogen-bond acceptors (Lipinski definition) is 5. The smallest absolute Gasteiger partial charge is 0.177 e. The Morgan fingerprint density at radius 3 is 2.60 bits per heavy atom. The normalized spacial score (nSPS) is 17.2. The Morgan fingerprint density at radius 1 is 1.15 bits per heavy atom. The highest BCUT2D eigenvalue weighted by atomic mass is 16.5. The van der Waals surface area contributed by atoms with E-state index in [9.17, 15) is 14.8 Å². The molecule has 20 heavy (non-hydrogen) atoms. The van der Waals surface area contributed by atoms with Crippen LogP contribution in [0.15, 0.2) is 47.6 Å². The number of aromatic hydroxyl groups is 1. The van der Waals surface area contributed by atoms with Crippen molar-refractivity contribution in [2.45, 2.75) is 5.92 Å². The van der Waals surface area contributed by atoms with E-state index in [1.165, 1.54) is 24.3 Å². The lowest BCUT2D eigenvalue weighted by Crippen LogP contribution is -2.25. The van der Waals surface area contributed by atoms with Crippen LogP contribution in [0.1, 0.15) is 21.8 Å². The van der Waals surface area contributed by atoms with Gasteiger partial charge in [-0.1, -0.05) is 12.1 Å². The van der Waals surface area contributed by atoms with E-state index in [4.69, 9.17) is 4.74 Å². The molecular weight excluding hydrogens is 258 g/mol. The largest absolute Gasteiger partial charge is 0.508 e. The first-order valence-corrected chi connectivity index (χ1v) is 6.12. The van der Waals surface area contributed by atoms with Crippen molar-refractivity contribution in [3.8, 4) is 11.5 Å². The minimum Gasteiger partial charge on any atom is -0.508 e. The first-order valence-electron chi connectivity index (χ1n) is 6.12. The van der Waals surface area contributed by atoms with Crippen molar-refractivity contribution < 1.29 is 14.6 Å². The molecule has 0 amide bonds. The monoisotopic (exact) mass is 269 g/mol. The number of ketones is 1. The van der Waals surface area contributed by atoms with Crippen LogP contribution in [-0.2, 0) is 0 Å². The van der Waals surface area contributed by atoms with Crippen molar-refractivity contribution in [1.29, 1.82) is 0 Å². The Kier molecular flexibility index (Phi) is 2.95. The lowest BCUT2D eigenvalue weighted by molar-refractivity contribution is 0.0896. The molecule has 5 nitrogen and oxygen atoms in total. The second-order valence-corrected chi connectivity index (χ2v) is 4.59. The molecule has 0 spiro atoms. The minimum atomic E-state index is -0.404. The van der Waals surface area contributed by atoms with Crippen LogP contribution in [-0.4, -0.2) is 17.5 Å². The molecule has 1 aliphatic heterocycles. The molecule has 1 atom stereocenters. The van der Waals surface area contributed by atoms with Crippen molar-refractivity contribution >= 4 is 11.5 Å². The van der Waals surface area contributed by atoms with Crippen molar-refractivity contribution in [2.75, 3.05) is 6.61 Å². The van der Waals surface area contributed by atoms with E-state index in [2.05, 4.69) is 5.18 Å². The van der Waals surface area contributed by atoms with E-state index < -0.39 is 5.92 Å². The van der Waals surface area contributed by atoms with E-state index in [-0.39, 0.29) is 23.8 Å². The molecule has 5 heteroatoms. The number of carbonyl (C=O) groups is 1. The summed E-state index contributed by atoms with van der Waals surface area (Å²) in [6.45, 7) is 0.207. The molecule has 1 heterocycles. The number of hydrogen-bond donors (Lipinski definition) is 1. The number of nitrogens with zero attached hydrogens (tertiary/aromatic N) is 1. The molecule has 0 radical (unpaired) electrons. The van der Waals surface area contributed by atoms with Gasteiger partial charge in [0.2, 0.25) is 0 Å². The molecule has 0 bridgehead atoms. The first kappa shape index (κ1) is 12.3.